The molecule has 0 unspecified atom stereocenters. The molecule has 0 fully saturated rings. The van der Waals surface area contributed by atoms with Crippen LogP contribution in [-0.2, 0) is 0 Å². The Balaban J connectivity index is 2.21. The zero-order valence-electron chi connectivity index (χ0n) is 8.40. The van der Waals surface area contributed by atoms with Crippen LogP contribution < -0.4 is 0 Å². The Hall–Kier alpha value is -2.03. The summed E-state index contributed by atoms with van der Waals surface area (Å²) >= 11 is 0. The average molecular weight is 217 g/mol. The quantitative estimate of drug-likeness (QED) is 0.680. The van der Waals surface area contributed by atoms with Gasteiger partial charge in [0.15, 0.2) is 0 Å². The number of halogens is 2. The Kier molecular flexibility index (Phi) is 3.05. The molecule has 80 valence electrons. The summed E-state index contributed by atoms with van der Waals surface area (Å²) in [6.45, 7) is 0. The van der Waals surface area contributed by atoms with Crippen LogP contribution in [0.4, 0.5) is 14.5 Å². The molecule has 0 aromatic heterocycles. The molecule has 0 N–H and O–H groups in total. The van der Waals surface area contributed by atoms with Crippen molar-refractivity contribution >= 4 is 11.9 Å². The first-order valence-electron chi connectivity index (χ1n) is 4.80. The molecular formula is C13H9F2N. The maximum Gasteiger partial charge on any atom is 0.148 e. The highest BCUT2D eigenvalue weighted by molar-refractivity contribution is 5.81. The van der Waals surface area contributed by atoms with E-state index in [1.807, 2.05) is 0 Å². The van der Waals surface area contributed by atoms with Gasteiger partial charge in [0.05, 0.1) is 5.69 Å². The van der Waals surface area contributed by atoms with Crippen LogP contribution in [0.2, 0.25) is 0 Å². The van der Waals surface area contributed by atoms with Crippen molar-refractivity contribution in [2.75, 3.05) is 0 Å². The van der Waals surface area contributed by atoms with E-state index in [-0.39, 0.29) is 17.3 Å². The summed E-state index contributed by atoms with van der Waals surface area (Å²) in [6.07, 6.45) is 1.50. The molecule has 2 aromatic carbocycles. The predicted molar refractivity (Wildman–Crippen MR) is 60.1 cm³/mol. The van der Waals surface area contributed by atoms with E-state index in [4.69, 9.17) is 0 Å². The Labute approximate surface area is 92.1 Å². The fourth-order valence-corrected chi connectivity index (χ4v) is 1.25. The Morgan fingerprint density at radius 2 is 1.56 bits per heavy atom. The molecule has 2 rings (SSSR count). The summed E-state index contributed by atoms with van der Waals surface area (Å²) < 4.78 is 25.8. The van der Waals surface area contributed by atoms with Crippen molar-refractivity contribution in [2.24, 2.45) is 4.99 Å². The molecule has 2 aromatic rings. The highest BCUT2D eigenvalue weighted by Gasteiger charge is 1.96. The predicted octanol–water partition coefficient (Wildman–Crippen LogP) is 3.72. The van der Waals surface area contributed by atoms with Crippen molar-refractivity contribution in [2.45, 2.75) is 0 Å². The Morgan fingerprint density at radius 3 is 2.25 bits per heavy atom. The van der Waals surface area contributed by atoms with Crippen LogP contribution >= 0.6 is 0 Å². The first-order valence-corrected chi connectivity index (χ1v) is 4.80. The second-order valence-corrected chi connectivity index (χ2v) is 3.26. The van der Waals surface area contributed by atoms with Crippen molar-refractivity contribution in [1.82, 2.24) is 0 Å². The first kappa shape index (κ1) is 10.5. The summed E-state index contributed by atoms with van der Waals surface area (Å²) in [5.74, 6) is -0.677. The van der Waals surface area contributed by atoms with Crippen molar-refractivity contribution in [3.05, 3.63) is 65.7 Å². The number of para-hydroxylation sites is 1. The smallest absolute Gasteiger partial charge is 0.148 e. The second-order valence-electron chi connectivity index (χ2n) is 3.26. The fourth-order valence-electron chi connectivity index (χ4n) is 1.25. The summed E-state index contributed by atoms with van der Waals surface area (Å²) in [5.41, 5.74) is 0.997. The van der Waals surface area contributed by atoms with E-state index in [1.165, 1.54) is 24.4 Å². The molecular weight excluding hydrogens is 208 g/mol. The maximum absolute atomic E-state index is 13.2. The minimum Gasteiger partial charge on any atom is -0.253 e. The fraction of sp³-hybridized carbons (Fsp3) is 0. The van der Waals surface area contributed by atoms with Gasteiger partial charge in [-0.1, -0.05) is 24.3 Å². The highest BCUT2D eigenvalue weighted by Crippen LogP contribution is 2.16. The normalized spacial score (nSPS) is 10.9. The van der Waals surface area contributed by atoms with E-state index in [0.717, 1.165) is 5.56 Å². The molecule has 0 spiro atoms. The molecule has 0 saturated heterocycles. The third-order valence-corrected chi connectivity index (χ3v) is 2.08. The van der Waals surface area contributed by atoms with Gasteiger partial charge in [-0.05, 0) is 29.8 Å². The van der Waals surface area contributed by atoms with Crippen LogP contribution in [0, 0.1) is 11.6 Å². The summed E-state index contributed by atoms with van der Waals surface area (Å²) in [6, 6.07) is 12.1. The minimum atomic E-state index is -0.374. The van der Waals surface area contributed by atoms with E-state index in [2.05, 4.69) is 4.99 Å². The number of nitrogens with zero attached hydrogens (tertiary/aromatic N) is 1. The van der Waals surface area contributed by atoms with Gasteiger partial charge < -0.3 is 0 Å². The summed E-state index contributed by atoms with van der Waals surface area (Å²) in [4.78, 5) is 3.98. The highest BCUT2D eigenvalue weighted by atomic mass is 19.1. The van der Waals surface area contributed by atoms with Crippen LogP contribution in [0.5, 0.6) is 0 Å². The van der Waals surface area contributed by atoms with E-state index in [1.54, 1.807) is 30.3 Å². The molecule has 0 aliphatic rings. The zero-order valence-corrected chi connectivity index (χ0v) is 8.40. The minimum absolute atomic E-state index is 0.270. The van der Waals surface area contributed by atoms with Gasteiger partial charge in [0.25, 0.3) is 0 Å². The molecule has 16 heavy (non-hydrogen) atoms. The lowest BCUT2D eigenvalue weighted by Gasteiger charge is -1.95. The average Bonchev–Trinajstić information content (AvgIpc) is 2.30. The number of hydrogen-bond acceptors (Lipinski definition) is 1. The van der Waals surface area contributed by atoms with Crippen LogP contribution in [0.25, 0.3) is 0 Å². The SMILES string of the molecule is Fc1ccc(C=Nc2ccccc2F)cc1. The Bertz CT molecular complexity index is 504. The van der Waals surface area contributed by atoms with Gasteiger partial charge in [-0.25, -0.2) is 8.78 Å². The van der Waals surface area contributed by atoms with Gasteiger partial charge in [-0.15, -0.1) is 0 Å². The van der Waals surface area contributed by atoms with E-state index >= 15 is 0 Å². The van der Waals surface area contributed by atoms with Gasteiger partial charge in [-0.2, -0.15) is 0 Å². The van der Waals surface area contributed by atoms with Crippen LogP contribution in [-0.4, -0.2) is 6.21 Å². The first-order chi connectivity index (χ1) is 7.75. The molecule has 0 radical (unpaired) electrons. The molecule has 0 saturated carbocycles. The van der Waals surface area contributed by atoms with Crippen LogP contribution in [0.15, 0.2) is 53.5 Å². The molecule has 0 atom stereocenters. The van der Waals surface area contributed by atoms with Crippen molar-refractivity contribution in [3.63, 3.8) is 0 Å². The lowest BCUT2D eigenvalue weighted by Crippen LogP contribution is -1.82. The van der Waals surface area contributed by atoms with E-state index in [9.17, 15) is 8.78 Å². The van der Waals surface area contributed by atoms with Crippen molar-refractivity contribution in [3.8, 4) is 0 Å². The maximum atomic E-state index is 13.2. The lowest BCUT2D eigenvalue weighted by atomic mass is 10.2. The van der Waals surface area contributed by atoms with Gasteiger partial charge in [0.1, 0.15) is 11.6 Å². The van der Waals surface area contributed by atoms with Gasteiger partial charge in [0.2, 0.25) is 0 Å². The largest absolute Gasteiger partial charge is 0.253 e. The third kappa shape index (κ3) is 2.51. The van der Waals surface area contributed by atoms with Gasteiger partial charge in [0, 0.05) is 6.21 Å². The molecule has 0 aliphatic heterocycles. The molecule has 0 amide bonds. The number of benzene rings is 2. The van der Waals surface area contributed by atoms with E-state index < -0.39 is 0 Å². The monoisotopic (exact) mass is 217 g/mol. The topological polar surface area (TPSA) is 12.4 Å². The summed E-state index contributed by atoms with van der Waals surface area (Å²) in [7, 11) is 0. The lowest BCUT2D eigenvalue weighted by molar-refractivity contribution is 0.627. The second kappa shape index (κ2) is 4.66. The molecule has 0 bridgehead atoms. The zero-order chi connectivity index (χ0) is 11.4. The van der Waals surface area contributed by atoms with Crippen LogP contribution in [0.3, 0.4) is 0 Å². The number of rotatable bonds is 2. The molecule has 1 nitrogen and oxygen atoms in total. The Morgan fingerprint density at radius 1 is 0.875 bits per heavy atom. The van der Waals surface area contributed by atoms with Crippen LogP contribution in [0.1, 0.15) is 5.56 Å². The van der Waals surface area contributed by atoms with Crippen molar-refractivity contribution in [1.29, 1.82) is 0 Å². The van der Waals surface area contributed by atoms with Crippen molar-refractivity contribution < 1.29 is 8.78 Å². The molecule has 0 aliphatic carbocycles. The molecule has 0 heterocycles. The number of aliphatic imine (C=N–C) groups is 1. The standard InChI is InChI=1S/C13H9F2N/c14-11-7-5-10(6-8-11)9-16-13-4-2-1-3-12(13)15/h1-9H. The van der Waals surface area contributed by atoms with Gasteiger partial charge >= 0.3 is 0 Å². The third-order valence-electron chi connectivity index (χ3n) is 2.08. The molecule has 3 heteroatoms. The number of hydrogen-bond donors (Lipinski definition) is 0. The summed E-state index contributed by atoms with van der Waals surface area (Å²) in [5, 5.41) is 0. The van der Waals surface area contributed by atoms with Gasteiger partial charge in [-0.3, -0.25) is 4.99 Å². The van der Waals surface area contributed by atoms with E-state index in [0.29, 0.717) is 0 Å².